The van der Waals surface area contributed by atoms with E-state index in [0.29, 0.717) is 6.54 Å². The Morgan fingerprint density at radius 3 is 2.86 bits per heavy atom. The van der Waals surface area contributed by atoms with Gasteiger partial charge in [0.2, 0.25) is 0 Å². The van der Waals surface area contributed by atoms with Crippen molar-refractivity contribution in [1.82, 2.24) is 15.1 Å². The summed E-state index contributed by atoms with van der Waals surface area (Å²) in [6.07, 6.45) is 2.67. The second kappa shape index (κ2) is 4.77. The summed E-state index contributed by atoms with van der Waals surface area (Å²) in [4.78, 5) is 0. The van der Waals surface area contributed by atoms with Crippen LogP contribution in [0, 0.1) is 18.3 Å². The van der Waals surface area contributed by atoms with E-state index in [-0.39, 0.29) is 6.04 Å². The minimum atomic E-state index is -0.0605. The standard InChI is InChI=1S/C10H16N4/c1-4-10(5-11)12-6-9-7-13-14(3)8(9)2/h7,10,12H,4,6H2,1-3H3. The highest BCUT2D eigenvalue weighted by atomic mass is 15.3. The molecule has 1 atom stereocenters. The molecule has 0 aromatic carbocycles. The van der Waals surface area contributed by atoms with Crippen molar-refractivity contribution in [3.8, 4) is 6.07 Å². The first-order chi connectivity index (χ1) is 6.69. The summed E-state index contributed by atoms with van der Waals surface area (Å²) in [5.74, 6) is 0. The number of rotatable bonds is 4. The largest absolute Gasteiger partial charge is 0.298 e. The number of nitrogens with one attached hydrogen (secondary N) is 1. The van der Waals surface area contributed by atoms with Gasteiger partial charge in [0.15, 0.2) is 0 Å². The predicted octanol–water partition coefficient (Wildman–Crippen LogP) is 1.12. The van der Waals surface area contributed by atoms with Crippen molar-refractivity contribution in [2.45, 2.75) is 32.9 Å². The summed E-state index contributed by atoms with van der Waals surface area (Å²) in [6, 6.07) is 2.15. The third-order valence-electron chi connectivity index (χ3n) is 2.44. The van der Waals surface area contributed by atoms with Gasteiger partial charge in [-0.3, -0.25) is 10.00 Å². The van der Waals surface area contributed by atoms with Crippen molar-refractivity contribution in [2.75, 3.05) is 0 Å². The molecule has 4 nitrogen and oxygen atoms in total. The number of aryl methyl sites for hydroxylation is 1. The lowest BCUT2D eigenvalue weighted by atomic mass is 10.2. The zero-order valence-corrected chi connectivity index (χ0v) is 8.91. The maximum Gasteiger partial charge on any atom is 0.0952 e. The Morgan fingerprint density at radius 1 is 1.71 bits per heavy atom. The van der Waals surface area contributed by atoms with Gasteiger partial charge < -0.3 is 0 Å². The van der Waals surface area contributed by atoms with E-state index in [1.165, 1.54) is 0 Å². The van der Waals surface area contributed by atoms with Crippen molar-refractivity contribution < 1.29 is 0 Å². The first-order valence-corrected chi connectivity index (χ1v) is 4.79. The fourth-order valence-electron chi connectivity index (χ4n) is 1.23. The Hall–Kier alpha value is -1.34. The molecule has 14 heavy (non-hydrogen) atoms. The number of hydrogen-bond donors (Lipinski definition) is 1. The normalized spacial score (nSPS) is 12.4. The van der Waals surface area contributed by atoms with Crippen LogP contribution in [0.3, 0.4) is 0 Å². The lowest BCUT2D eigenvalue weighted by Gasteiger charge is -2.07. The third kappa shape index (κ3) is 2.33. The van der Waals surface area contributed by atoms with Gasteiger partial charge >= 0.3 is 0 Å². The molecule has 0 aliphatic heterocycles. The Balaban J connectivity index is 2.54. The zero-order chi connectivity index (χ0) is 10.6. The maximum atomic E-state index is 8.75. The van der Waals surface area contributed by atoms with E-state index in [9.17, 15) is 0 Å². The van der Waals surface area contributed by atoms with E-state index in [1.807, 2.05) is 31.8 Å². The Morgan fingerprint density at radius 2 is 2.43 bits per heavy atom. The summed E-state index contributed by atoms with van der Waals surface area (Å²) >= 11 is 0. The van der Waals surface area contributed by atoms with Crippen molar-refractivity contribution in [3.63, 3.8) is 0 Å². The minimum absolute atomic E-state index is 0.0605. The van der Waals surface area contributed by atoms with Gasteiger partial charge in [0.05, 0.1) is 18.3 Å². The fourth-order valence-corrected chi connectivity index (χ4v) is 1.23. The molecule has 1 rings (SSSR count). The van der Waals surface area contributed by atoms with E-state index >= 15 is 0 Å². The van der Waals surface area contributed by atoms with Crippen LogP contribution in [-0.4, -0.2) is 15.8 Å². The highest BCUT2D eigenvalue weighted by molar-refractivity contribution is 5.15. The van der Waals surface area contributed by atoms with Gasteiger partial charge in [0.1, 0.15) is 0 Å². The molecule has 0 saturated carbocycles. The molecular weight excluding hydrogens is 176 g/mol. The summed E-state index contributed by atoms with van der Waals surface area (Å²) in [5.41, 5.74) is 2.30. The van der Waals surface area contributed by atoms with Gasteiger partial charge in [-0.2, -0.15) is 10.4 Å². The molecular formula is C10H16N4. The van der Waals surface area contributed by atoms with Gasteiger partial charge in [-0.25, -0.2) is 0 Å². The molecule has 0 amide bonds. The lowest BCUT2D eigenvalue weighted by Crippen LogP contribution is -2.26. The molecule has 1 unspecified atom stereocenters. The molecule has 4 heteroatoms. The van der Waals surface area contributed by atoms with Gasteiger partial charge in [-0.1, -0.05) is 6.92 Å². The summed E-state index contributed by atoms with van der Waals surface area (Å²) in [5, 5.41) is 16.1. The molecule has 0 saturated heterocycles. The van der Waals surface area contributed by atoms with Crippen molar-refractivity contribution in [1.29, 1.82) is 5.26 Å². The Kier molecular flexibility index (Phi) is 3.66. The van der Waals surface area contributed by atoms with Crippen LogP contribution >= 0.6 is 0 Å². The number of nitriles is 1. The maximum absolute atomic E-state index is 8.75. The third-order valence-corrected chi connectivity index (χ3v) is 2.44. The summed E-state index contributed by atoms with van der Waals surface area (Å²) in [7, 11) is 1.92. The van der Waals surface area contributed by atoms with Crippen LogP contribution in [0.5, 0.6) is 0 Å². The Labute approximate surface area is 84.5 Å². The van der Waals surface area contributed by atoms with Gasteiger partial charge in [-0.15, -0.1) is 0 Å². The lowest BCUT2D eigenvalue weighted by molar-refractivity contribution is 0.585. The van der Waals surface area contributed by atoms with E-state index in [0.717, 1.165) is 17.7 Å². The molecule has 0 aliphatic rings. The number of nitrogens with zero attached hydrogens (tertiary/aromatic N) is 3. The van der Waals surface area contributed by atoms with E-state index in [4.69, 9.17) is 5.26 Å². The number of aromatic nitrogens is 2. The van der Waals surface area contributed by atoms with E-state index < -0.39 is 0 Å². The van der Waals surface area contributed by atoms with Crippen LogP contribution in [0.4, 0.5) is 0 Å². The molecule has 1 N–H and O–H groups in total. The molecule has 0 fully saturated rings. The zero-order valence-electron chi connectivity index (χ0n) is 8.91. The highest BCUT2D eigenvalue weighted by Gasteiger charge is 2.06. The van der Waals surface area contributed by atoms with Gasteiger partial charge in [-0.05, 0) is 13.3 Å². The second-order valence-corrected chi connectivity index (χ2v) is 3.35. The van der Waals surface area contributed by atoms with Crippen LogP contribution in [0.2, 0.25) is 0 Å². The first kappa shape index (κ1) is 10.7. The van der Waals surface area contributed by atoms with Crippen molar-refractivity contribution >= 4 is 0 Å². The predicted molar refractivity (Wildman–Crippen MR) is 54.5 cm³/mol. The topological polar surface area (TPSA) is 53.6 Å². The van der Waals surface area contributed by atoms with Crippen LogP contribution < -0.4 is 5.32 Å². The fraction of sp³-hybridized carbons (Fsp3) is 0.600. The summed E-state index contributed by atoms with van der Waals surface area (Å²) < 4.78 is 1.84. The quantitative estimate of drug-likeness (QED) is 0.777. The number of hydrogen-bond acceptors (Lipinski definition) is 3. The molecule has 76 valence electrons. The summed E-state index contributed by atoms with van der Waals surface area (Å²) in [6.45, 7) is 4.74. The van der Waals surface area contributed by atoms with E-state index in [2.05, 4.69) is 16.5 Å². The van der Waals surface area contributed by atoms with Crippen LogP contribution in [0.15, 0.2) is 6.20 Å². The van der Waals surface area contributed by atoms with Crippen molar-refractivity contribution in [3.05, 3.63) is 17.5 Å². The Bertz CT molecular complexity index is 334. The van der Waals surface area contributed by atoms with Gasteiger partial charge in [0, 0.05) is 24.8 Å². The molecule has 1 aromatic rings. The highest BCUT2D eigenvalue weighted by Crippen LogP contribution is 2.05. The van der Waals surface area contributed by atoms with Crippen LogP contribution in [-0.2, 0) is 13.6 Å². The first-order valence-electron chi connectivity index (χ1n) is 4.79. The molecule has 0 spiro atoms. The van der Waals surface area contributed by atoms with Gasteiger partial charge in [0.25, 0.3) is 0 Å². The molecule has 0 bridgehead atoms. The molecule has 1 heterocycles. The molecule has 0 aliphatic carbocycles. The van der Waals surface area contributed by atoms with E-state index in [1.54, 1.807) is 0 Å². The SMILES string of the molecule is CCC(C#N)NCc1cnn(C)c1C. The van der Waals surface area contributed by atoms with Crippen LogP contribution in [0.25, 0.3) is 0 Å². The molecule has 0 radical (unpaired) electrons. The second-order valence-electron chi connectivity index (χ2n) is 3.35. The van der Waals surface area contributed by atoms with Crippen LogP contribution in [0.1, 0.15) is 24.6 Å². The monoisotopic (exact) mass is 192 g/mol. The molecule has 1 aromatic heterocycles. The minimum Gasteiger partial charge on any atom is -0.298 e. The smallest absolute Gasteiger partial charge is 0.0952 e. The van der Waals surface area contributed by atoms with Crippen molar-refractivity contribution in [2.24, 2.45) is 7.05 Å². The average Bonchev–Trinajstić information content (AvgIpc) is 2.51. The average molecular weight is 192 g/mol.